The van der Waals surface area contributed by atoms with Crippen molar-refractivity contribution in [2.24, 2.45) is 7.05 Å². The lowest BCUT2D eigenvalue weighted by molar-refractivity contribution is -0.644. The number of ether oxygens (including phenoxy) is 1. The maximum Gasteiger partial charge on any atom is 0.216 e. The van der Waals surface area contributed by atoms with E-state index in [9.17, 15) is 0 Å². The van der Waals surface area contributed by atoms with Crippen molar-refractivity contribution in [3.8, 4) is 16.9 Å². The highest BCUT2D eigenvalue weighted by Crippen LogP contribution is 2.40. The molecule has 4 rings (SSSR count). The van der Waals surface area contributed by atoms with Crippen LogP contribution in [-0.4, -0.2) is 0 Å². The number of pyridine rings is 1. The van der Waals surface area contributed by atoms with Gasteiger partial charge in [-0.3, -0.25) is 0 Å². The van der Waals surface area contributed by atoms with Crippen LogP contribution in [0.1, 0.15) is 5.56 Å². The molecule has 2 aromatic carbocycles. The van der Waals surface area contributed by atoms with Crippen LogP contribution in [0.2, 0.25) is 0 Å². The maximum atomic E-state index is 6.00. The molecule has 0 spiro atoms. The fourth-order valence-electron chi connectivity index (χ4n) is 2.85. The third-order valence-corrected chi connectivity index (χ3v) is 3.78. The summed E-state index contributed by atoms with van der Waals surface area (Å²) in [5, 5.41) is 1.18. The average molecular weight is 248 g/mol. The molecule has 1 aliphatic rings. The van der Waals surface area contributed by atoms with E-state index in [1.807, 2.05) is 0 Å². The molecule has 0 fully saturated rings. The molecule has 0 N–H and O–H groups in total. The molecule has 0 atom stereocenters. The van der Waals surface area contributed by atoms with Crippen molar-refractivity contribution in [2.45, 2.75) is 6.61 Å². The summed E-state index contributed by atoms with van der Waals surface area (Å²) < 4.78 is 8.17. The van der Waals surface area contributed by atoms with Crippen molar-refractivity contribution in [3.63, 3.8) is 0 Å². The van der Waals surface area contributed by atoms with Gasteiger partial charge >= 0.3 is 0 Å². The van der Waals surface area contributed by atoms with Crippen LogP contribution in [-0.2, 0) is 13.7 Å². The summed E-state index contributed by atoms with van der Waals surface area (Å²) in [5.41, 5.74) is 4.92. The zero-order chi connectivity index (χ0) is 12.8. The first kappa shape index (κ1) is 10.6. The highest BCUT2D eigenvalue weighted by atomic mass is 16.5. The fourth-order valence-corrected chi connectivity index (χ4v) is 2.85. The number of hydrogen-bond donors (Lipinski definition) is 0. The average Bonchev–Trinajstić information content (AvgIpc) is 2.47. The summed E-state index contributed by atoms with van der Waals surface area (Å²) in [6, 6.07) is 16.8. The van der Waals surface area contributed by atoms with E-state index in [1.165, 1.54) is 27.6 Å². The van der Waals surface area contributed by atoms with Gasteiger partial charge in [0.15, 0.2) is 6.20 Å². The van der Waals surface area contributed by atoms with Crippen LogP contribution >= 0.6 is 0 Å². The van der Waals surface area contributed by atoms with Gasteiger partial charge in [-0.1, -0.05) is 36.4 Å². The zero-order valence-corrected chi connectivity index (χ0v) is 10.8. The van der Waals surface area contributed by atoms with Crippen LogP contribution in [0.4, 0.5) is 0 Å². The van der Waals surface area contributed by atoms with E-state index in [2.05, 4.69) is 66.3 Å². The monoisotopic (exact) mass is 248 g/mol. The first-order chi connectivity index (χ1) is 9.34. The van der Waals surface area contributed by atoms with E-state index in [0.717, 1.165) is 5.75 Å². The molecule has 0 unspecified atom stereocenters. The van der Waals surface area contributed by atoms with Crippen LogP contribution in [0.25, 0.3) is 22.0 Å². The van der Waals surface area contributed by atoms with Crippen LogP contribution in [0.3, 0.4) is 0 Å². The van der Waals surface area contributed by atoms with Gasteiger partial charge in [-0.15, -0.1) is 0 Å². The van der Waals surface area contributed by atoms with Gasteiger partial charge in [-0.05, 0) is 17.2 Å². The summed E-state index contributed by atoms with van der Waals surface area (Å²) in [6.45, 7) is 0.654. The third kappa shape index (κ3) is 1.46. The van der Waals surface area contributed by atoms with Crippen LogP contribution in [0, 0.1) is 0 Å². The summed E-state index contributed by atoms with van der Waals surface area (Å²) in [4.78, 5) is 0. The number of fused-ring (bicyclic) bond motifs is 5. The van der Waals surface area contributed by atoms with Crippen molar-refractivity contribution in [1.29, 1.82) is 0 Å². The lowest BCUT2D eigenvalue weighted by atomic mass is 9.96. The highest BCUT2D eigenvalue weighted by Gasteiger charge is 2.23. The number of aromatic nitrogens is 1. The molecule has 0 bridgehead atoms. The predicted molar refractivity (Wildman–Crippen MR) is 74.9 cm³/mol. The fraction of sp³-hybridized carbons (Fsp3) is 0.118. The van der Waals surface area contributed by atoms with Gasteiger partial charge in [-0.2, -0.15) is 0 Å². The van der Waals surface area contributed by atoms with E-state index in [0.29, 0.717) is 6.61 Å². The van der Waals surface area contributed by atoms with Gasteiger partial charge in [0, 0.05) is 6.07 Å². The number of rotatable bonds is 0. The molecule has 92 valence electrons. The van der Waals surface area contributed by atoms with Gasteiger partial charge in [0.05, 0.1) is 10.9 Å². The Morgan fingerprint density at radius 1 is 0.947 bits per heavy atom. The molecule has 1 aliphatic heterocycles. The molecule has 0 saturated carbocycles. The molecule has 2 heterocycles. The SMILES string of the molecule is C[n+]1cc2c(c3ccccc31)OCc1ccccc1-2. The maximum absolute atomic E-state index is 6.00. The normalized spacial score (nSPS) is 12.7. The van der Waals surface area contributed by atoms with E-state index in [1.54, 1.807) is 0 Å². The lowest BCUT2D eigenvalue weighted by Gasteiger charge is -2.20. The molecular formula is C17H14NO+. The summed E-state index contributed by atoms with van der Waals surface area (Å²) in [6.07, 6.45) is 2.16. The zero-order valence-electron chi connectivity index (χ0n) is 10.8. The lowest BCUT2D eigenvalue weighted by Crippen LogP contribution is -2.29. The van der Waals surface area contributed by atoms with E-state index in [4.69, 9.17) is 4.74 Å². The van der Waals surface area contributed by atoms with Gasteiger partial charge in [0.2, 0.25) is 5.52 Å². The topological polar surface area (TPSA) is 13.1 Å². The number of aryl methyl sites for hydroxylation is 1. The second-order valence-corrected chi connectivity index (χ2v) is 4.95. The number of hydrogen-bond acceptors (Lipinski definition) is 1. The first-order valence-corrected chi connectivity index (χ1v) is 6.47. The van der Waals surface area contributed by atoms with Gasteiger partial charge in [0.25, 0.3) is 0 Å². The Hall–Kier alpha value is -2.35. The van der Waals surface area contributed by atoms with Crippen molar-refractivity contribution in [2.75, 3.05) is 0 Å². The quantitative estimate of drug-likeness (QED) is 0.557. The highest BCUT2D eigenvalue weighted by molar-refractivity contribution is 5.91. The van der Waals surface area contributed by atoms with Crippen LogP contribution in [0.15, 0.2) is 54.7 Å². The third-order valence-electron chi connectivity index (χ3n) is 3.78. The Labute approximate surface area is 111 Å². The minimum Gasteiger partial charge on any atom is -0.487 e. The number of nitrogens with zero attached hydrogens (tertiary/aromatic N) is 1. The first-order valence-electron chi connectivity index (χ1n) is 6.47. The minimum absolute atomic E-state index is 0.654. The van der Waals surface area contributed by atoms with Crippen LogP contribution < -0.4 is 9.30 Å². The summed E-state index contributed by atoms with van der Waals surface area (Å²) in [5.74, 6) is 1.01. The Bertz CT molecular complexity index is 792. The second kappa shape index (κ2) is 3.82. The van der Waals surface area contributed by atoms with Gasteiger partial charge in [0.1, 0.15) is 19.4 Å². The molecular weight excluding hydrogens is 234 g/mol. The molecule has 0 amide bonds. The molecule has 0 aliphatic carbocycles. The molecule has 1 aromatic heterocycles. The van der Waals surface area contributed by atoms with E-state index < -0.39 is 0 Å². The van der Waals surface area contributed by atoms with Crippen molar-refractivity contribution < 1.29 is 9.30 Å². The smallest absolute Gasteiger partial charge is 0.216 e. The van der Waals surface area contributed by atoms with Crippen molar-refractivity contribution >= 4 is 10.9 Å². The standard InChI is InChI=1S/C17H14NO/c1-18-10-15-13-7-3-2-6-12(13)11-19-17(15)14-8-4-5-9-16(14)18/h2-10H,11H2,1H3/q+1. The summed E-state index contributed by atoms with van der Waals surface area (Å²) >= 11 is 0. The Kier molecular flexibility index (Phi) is 2.12. The Balaban J connectivity index is 2.13. The predicted octanol–water partition coefficient (Wildman–Crippen LogP) is 3.22. The summed E-state index contributed by atoms with van der Waals surface area (Å²) in [7, 11) is 2.08. The largest absolute Gasteiger partial charge is 0.487 e. The van der Waals surface area contributed by atoms with Crippen molar-refractivity contribution in [1.82, 2.24) is 0 Å². The van der Waals surface area contributed by atoms with Crippen molar-refractivity contribution in [3.05, 3.63) is 60.3 Å². The van der Waals surface area contributed by atoms with Crippen LogP contribution in [0.5, 0.6) is 5.75 Å². The van der Waals surface area contributed by atoms with Gasteiger partial charge < -0.3 is 4.74 Å². The molecule has 3 aromatic rings. The number of para-hydroxylation sites is 1. The Morgan fingerprint density at radius 2 is 1.74 bits per heavy atom. The molecule has 0 saturated heterocycles. The van der Waals surface area contributed by atoms with Gasteiger partial charge in [-0.25, -0.2) is 4.57 Å². The second-order valence-electron chi connectivity index (χ2n) is 4.95. The minimum atomic E-state index is 0.654. The number of benzene rings is 2. The molecule has 2 heteroatoms. The molecule has 2 nitrogen and oxygen atoms in total. The van der Waals surface area contributed by atoms with E-state index >= 15 is 0 Å². The molecule has 19 heavy (non-hydrogen) atoms. The van der Waals surface area contributed by atoms with E-state index in [-0.39, 0.29) is 0 Å². The Morgan fingerprint density at radius 3 is 2.68 bits per heavy atom. The molecule has 0 radical (unpaired) electrons.